The molecule has 1 aliphatic rings. The highest BCUT2D eigenvalue weighted by molar-refractivity contribution is 5.28. The van der Waals surface area contributed by atoms with Gasteiger partial charge in [0.25, 0.3) is 0 Å². The van der Waals surface area contributed by atoms with Gasteiger partial charge in [0.2, 0.25) is 0 Å². The van der Waals surface area contributed by atoms with Crippen LogP contribution in [-0.4, -0.2) is 6.10 Å². The molecular formula is C15H21FO. The minimum absolute atomic E-state index is 0.176. The summed E-state index contributed by atoms with van der Waals surface area (Å²) in [6, 6.07) is 5.15. The van der Waals surface area contributed by atoms with Gasteiger partial charge in [0.1, 0.15) is 11.6 Å². The molecule has 0 spiro atoms. The average molecular weight is 236 g/mol. The summed E-state index contributed by atoms with van der Waals surface area (Å²) in [5, 5.41) is 0. The van der Waals surface area contributed by atoms with Gasteiger partial charge >= 0.3 is 0 Å². The Morgan fingerprint density at radius 2 is 1.94 bits per heavy atom. The molecule has 1 saturated carbocycles. The summed E-state index contributed by atoms with van der Waals surface area (Å²) in [6.45, 7) is 4.02. The zero-order chi connectivity index (χ0) is 12.3. The molecule has 0 aliphatic heterocycles. The maximum Gasteiger partial charge on any atom is 0.129 e. The molecule has 0 saturated heterocycles. The molecule has 0 radical (unpaired) electrons. The molecule has 0 heterocycles. The van der Waals surface area contributed by atoms with Crippen molar-refractivity contribution in [2.24, 2.45) is 5.92 Å². The first-order chi connectivity index (χ1) is 8.19. The van der Waals surface area contributed by atoms with Crippen LogP contribution in [0.4, 0.5) is 4.39 Å². The Morgan fingerprint density at radius 1 is 1.24 bits per heavy atom. The minimum Gasteiger partial charge on any atom is -0.490 e. The number of halogens is 1. The normalized spacial score (nSPS) is 24.6. The fraction of sp³-hybridized carbons (Fsp3) is 0.600. The number of hydrogen-bond donors (Lipinski definition) is 0. The lowest BCUT2D eigenvalue weighted by Crippen LogP contribution is -2.23. The number of hydrogen-bond acceptors (Lipinski definition) is 1. The van der Waals surface area contributed by atoms with Crippen LogP contribution < -0.4 is 4.74 Å². The van der Waals surface area contributed by atoms with Crippen LogP contribution in [0.2, 0.25) is 0 Å². The predicted molar refractivity (Wildman–Crippen MR) is 67.8 cm³/mol. The molecule has 2 heteroatoms. The average Bonchev–Trinajstić information content (AvgIpc) is 2.35. The van der Waals surface area contributed by atoms with Gasteiger partial charge in [-0.15, -0.1) is 0 Å². The van der Waals surface area contributed by atoms with E-state index < -0.39 is 0 Å². The Kier molecular flexibility index (Phi) is 4.03. The van der Waals surface area contributed by atoms with Gasteiger partial charge in [-0.05, 0) is 50.2 Å². The van der Waals surface area contributed by atoms with E-state index in [4.69, 9.17) is 4.74 Å². The summed E-state index contributed by atoms with van der Waals surface area (Å²) in [7, 11) is 0. The molecule has 0 N–H and O–H groups in total. The minimum atomic E-state index is -0.176. The third-order valence-electron chi connectivity index (χ3n) is 3.82. The van der Waals surface area contributed by atoms with Crippen molar-refractivity contribution in [2.45, 2.75) is 52.1 Å². The Bertz CT molecular complexity index is 367. The van der Waals surface area contributed by atoms with Crippen LogP contribution >= 0.6 is 0 Å². The first kappa shape index (κ1) is 12.4. The molecule has 17 heavy (non-hydrogen) atoms. The third kappa shape index (κ3) is 3.21. The molecule has 1 aromatic carbocycles. The summed E-state index contributed by atoms with van der Waals surface area (Å²) in [4.78, 5) is 0. The van der Waals surface area contributed by atoms with Crippen LogP contribution in [0.15, 0.2) is 18.2 Å². The lowest BCUT2D eigenvalue weighted by atomic mass is 9.86. The summed E-state index contributed by atoms with van der Waals surface area (Å²) in [5.74, 6) is 1.36. The highest BCUT2D eigenvalue weighted by Crippen LogP contribution is 2.29. The van der Waals surface area contributed by atoms with Crippen LogP contribution in [0.1, 0.15) is 44.6 Å². The number of ether oxygens (including phenoxy) is 1. The smallest absolute Gasteiger partial charge is 0.129 e. The molecule has 2 rings (SSSR count). The number of aryl methyl sites for hydroxylation is 1. The maximum absolute atomic E-state index is 13.4. The second-order valence-corrected chi connectivity index (χ2v) is 5.08. The van der Waals surface area contributed by atoms with Crippen molar-refractivity contribution >= 4 is 0 Å². The molecule has 0 atom stereocenters. The summed E-state index contributed by atoms with van der Waals surface area (Å²) in [6.07, 6.45) is 6.25. The zero-order valence-electron chi connectivity index (χ0n) is 10.7. The van der Waals surface area contributed by atoms with Crippen LogP contribution in [0.25, 0.3) is 0 Å². The molecule has 1 aromatic rings. The van der Waals surface area contributed by atoms with E-state index in [1.807, 2.05) is 6.07 Å². The summed E-state index contributed by atoms with van der Waals surface area (Å²) in [5.41, 5.74) is 0.673. The SMILES string of the molecule is CCC1CCC(Oc2ccc(C)c(F)c2)CC1. The van der Waals surface area contributed by atoms with Crippen LogP contribution in [0, 0.1) is 18.7 Å². The molecule has 0 aromatic heterocycles. The molecule has 1 fully saturated rings. The van der Waals surface area contributed by atoms with Gasteiger partial charge in [-0.3, -0.25) is 0 Å². The van der Waals surface area contributed by atoms with Gasteiger partial charge in [-0.2, -0.15) is 0 Å². The van der Waals surface area contributed by atoms with E-state index in [2.05, 4.69) is 6.92 Å². The molecular weight excluding hydrogens is 215 g/mol. The monoisotopic (exact) mass is 236 g/mol. The quantitative estimate of drug-likeness (QED) is 0.751. The number of benzene rings is 1. The topological polar surface area (TPSA) is 9.23 Å². The van der Waals surface area contributed by atoms with Crippen molar-refractivity contribution < 1.29 is 9.13 Å². The van der Waals surface area contributed by atoms with Crippen molar-refractivity contribution in [1.82, 2.24) is 0 Å². The van der Waals surface area contributed by atoms with Crippen molar-refractivity contribution in [2.75, 3.05) is 0 Å². The van der Waals surface area contributed by atoms with E-state index in [1.54, 1.807) is 13.0 Å². The second-order valence-electron chi connectivity index (χ2n) is 5.08. The maximum atomic E-state index is 13.4. The first-order valence-corrected chi connectivity index (χ1v) is 6.62. The lowest BCUT2D eigenvalue weighted by Gasteiger charge is -2.28. The standard InChI is InChI=1S/C15H21FO/c1-3-12-5-8-13(9-6-12)17-14-7-4-11(2)15(16)10-14/h4,7,10,12-13H,3,5-6,8-9H2,1-2H3. The fourth-order valence-electron chi connectivity index (χ4n) is 2.50. The zero-order valence-corrected chi connectivity index (χ0v) is 10.7. The van der Waals surface area contributed by atoms with E-state index in [9.17, 15) is 4.39 Å². The van der Waals surface area contributed by atoms with Gasteiger partial charge in [-0.25, -0.2) is 4.39 Å². The lowest BCUT2D eigenvalue weighted by molar-refractivity contribution is 0.129. The molecule has 1 nitrogen and oxygen atoms in total. The molecule has 0 bridgehead atoms. The Hall–Kier alpha value is -1.05. The van der Waals surface area contributed by atoms with Gasteiger partial charge in [0.05, 0.1) is 6.10 Å². The van der Waals surface area contributed by atoms with Crippen molar-refractivity contribution in [1.29, 1.82) is 0 Å². The van der Waals surface area contributed by atoms with Gasteiger partial charge in [0.15, 0.2) is 0 Å². The Balaban J connectivity index is 1.91. The van der Waals surface area contributed by atoms with Gasteiger partial charge < -0.3 is 4.74 Å². The van der Waals surface area contributed by atoms with E-state index >= 15 is 0 Å². The second kappa shape index (κ2) is 5.52. The van der Waals surface area contributed by atoms with E-state index in [0.29, 0.717) is 11.3 Å². The van der Waals surface area contributed by atoms with Crippen LogP contribution in [0.3, 0.4) is 0 Å². The highest BCUT2D eigenvalue weighted by Gasteiger charge is 2.21. The van der Waals surface area contributed by atoms with Crippen LogP contribution in [-0.2, 0) is 0 Å². The summed E-state index contributed by atoms with van der Waals surface area (Å²) < 4.78 is 19.2. The van der Waals surface area contributed by atoms with E-state index in [0.717, 1.165) is 18.8 Å². The van der Waals surface area contributed by atoms with E-state index in [-0.39, 0.29) is 11.9 Å². The molecule has 94 valence electrons. The summed E-state index contributed by atoms with van der Waals surface area (Å²) >= 11 is 0. The first-order valence-electron chi connectivity index (χ1n) is 6.62. The largest absolute Gasteiger partial charge is 0.490 e. The molecule has 0 amide bonds. The van der Waals surface area contributed by atoms with Crippen molar-refractivity contribution in [3.63, 3.8) is 0 Å². The third-order valence-corrected chi connectivity index (χ3v) is 3.82. The van der Waals surface area contributed by atoms with Crippen molar-refractivity contribution in [3.05, 3.63) is 29.6 Å². The predicted octanol–water partition coefficient (Wildman–Crippen LogP) is 4.48. The van der Waals surface area contributed by atoms with Crippen molar-refractivity contribution in [3.8, 4) is 5.75 Å². The fourth-order valence-corrected chi connectivity index (χ4v) is 2.50. The molecule has 1 aliphatic carbocycles. The van der Waals surface area contributed by atoms with Gasteiger partial charge in [0, 0.05) is 6.07 Å². The number of rotatable bonds is 3. The molecule has 0 unspecified atom stereocenters. The highest BCUT2D eigenvalue weighted by atomic mass is 19.1. The van der Waals surface area contributed by atoms with Crippen LogP contribution in [0.5, 0.6) is 5.75 Å². The van der Waals surface area contributed by atoms with Gasteiger partial charge in [-0.1, -0.05) is 19.4 Å². The Labute approximate surface area is 103 Å². The Morgan fingerprint density at radius 3 is 2.53 bits per heavy atom. The van der Waals surface area contributed by atoms with E-state index in [1.165, 1.54) is 25.3 Å².